The minimum Gasteiger partial charge on any atom is -0.457 e. The summed E-state index contributed by atoms with van der Waals surface area (Å²) in [5.41, 5.74) is 3.00. The third kappa shape index (κ3) is 5.14. The van der Waals surface area contributed by atoms with Gasteiger partial charge in [0.1, 0.15) is 23.0 Å². The largest absolute Gasteiger partial charge is 0.457 e. The van der Waals surface area contributed by atoms with Gasteiger partial charge in [0.2, 0.25) is 0 Å². The van der Waals surface area contributed by atoms with Crippen molar-refractivity contribution in [2.75, 3.05) is 6.54 Å². The molecule has 166 valence electrons. The lowest BCUT2D eigenvalue weighted by atomic mass is 9.91. The number of hydrogen-bond acceptors (Lipinski definition) is 3. The van der Waals surface area contributed by atoms with E-state index in [1.54, 1.807) is 0 Å². The Balaban J connectivity index is 1.18. The summed E-state index contributed by atoms with van der Waals surface area (Å²) in [6.45, 7) is 1.43. The minimum atomic E-state index is -0.105. The quantitative estimate of drug-likeness (QED) is 0.422. The Hall–Kier alpha value is -3.86. The van der Waals surface area contributed by atoms with Crippen LogP contribution in [0.2, 0.25) is 0 Å². The Morgan fingerprint density at radius 1 is 0.939 bits per heavy atom. The SMILES string of the molecule is O=C(NCCc1ccccc1)c1cn2c(n1)CCC(c1ccc(Oc3ccccc3)cc1)C2. The molecular formula is C28H27N3O2. The number of aromatic nitrogens is 2. The number of carbonyl (C=O) groups is 1. The van der Waals surface area contributed by atoms with E-state index in [9.17, 15) is 4.79 Å². The van der Waals surface area contributed by atoms with E-state index >= 15 is 0 Å². The second-order valence-electron chi connectivity index (χ2n) is 8.41. The van der Waals surface area contributed by atoms with Gasteiger partial charge in [0.25, 0.3) is 5.91 Å². The molecular weight excluding hydrogens is 410 g/mol. The van der Waals surface area contributed by atoms with Crippen molar-refractivity contribution in [3.63, 3.8) is 0 Å². The van der Waals surface area contributed by atoms with E-state index in [0.717, 1.165) is 43.1 Å². The Kier molecular flexibility index (Phi) is 6.20. The summed E-state index contributed by atoms with van der Waals surface area (Å²) in [4.78, 5) is 17.2. The number of amides is 1. The van der Waals surface area contributed by atoms with E-state index < -0.39 is 0 Å². The predicted octanol–water partition coefficient (Wildman–Crippen LogP) is 5.38. The molecule has 1 aliphatic rings. The van der Waals surface area contributed by atoms with E-state index in [-0.39, 0.29) is 5.91 Å². The predicted molar refractivity (Wildman–Crippen MR) is 129 cm³/mol. The van der Waals surface area contributed by atoms with Gasteiger partial charge in [-0.15, -0.1) is 0 Å². The smallest absolute Gasteiger partial charge is 0.271 e. The number of hydrogen-bond donors (Lipinski definition) is 1. The summed E-state index contributed by atoms with van der Waals surface area (Å²) in [6.07, 6.45) is 4.59. The van der Waals surface area contributed by atoms with Crippen molar-refractivity contribution in [1.82, 2.24) is 14.9 Å². The number of imidazole rings is 1. The van der Waals surface area contributed by atoms with Crippen molar-refractivity contribution in [2.45, 2.75) is 31.7 Å². The third-order valence-electron chi connectivity index (χ3n) is 6.10. The number of benzene rings is 3. The van der Waals surface area contributed by atoms with Gasteiger partial charge in [-0.1, -0.05) is 60.7 Å². The highest BCUT2D eigenvalue weighted by Gasteiger charge is 2.23. The third-order valence-corrected chi connectivity index (χ3v) is 6.10. The first-order chi connectivity index (χ1) is 16.2. The van der Waals surface area contributed by atoms with Crippen LogP contribution in [-0.4, -0.2) is 22.0 Å². The van der Waals surface area contributed by atoms with E-state index in [2.05, 4.69) is 39.1 Å². The van der Waals surface area contributed by atoms with Crippen LogP contribution in [-0.2, 0) is 19.4 Å². The van der Waals surface area contributed by atoms with Gasteiger partial charge < -0.3 is 14.6 Å². The van der Waals surface area contributed by atoms with Gasteiger partial charge in [-0.3, -0.25) is 4.79 Å². The topological polar surface area (TPSA) is 56.2 Å². The summed E-state index contributed by atoms with van der Waals surface area (Å²) >= 11 is 0. The maximum atomic E-state index is 12.6. The maximum absolute atomic E-state index is 12.6. The van der Waals surface area contributed by atoms with Crippen LogP contribution in [0.25, 0.3) is 0 Å². The first-order valence-electron chi connectivity index (χ1n) is 11.5. The van der Waals surface area contributed by atoms with Gasteiger partial charge >= 0.3 is 0 Å². The molecule has 33 heavy (non-hydrogen) atoms. The molecule has 5 heteroatoms. The van der Waals surface area contributed by atoms with E-state index in [1.807, 2.05) is 66.9 Å². The van der Waals surface area contributed by atoms with Gasteiger partial charge in [-0.05, 0) is 48.2 Å². The molecule has 0 spiro atoms. The number of nitrogens with zero attached hydrogens (tertiary/aromatic N) is 2. The zero-order chi connectivity index (χ0) is 22.5. The molecule has 1 aliphatic heterocycles. The Bertz CT molecular complexity index is 1200. The number of para-hydroxylation sites is 1. The molecule has 1 unspecified atom stereocenters. The standard InChI is InChI=1S/C28H27N3O2/c32-28(29-18-17-21-7-3-1-4-8-21)26-20-31-19-23(13-16-27(31)30-26)22-11-14-25(15-12-22)33-24-9-5-2-6-10-24/h1-12,14-15,20,23H,13,16-19H2,(H,29,32). The molecule has 5 rings (SSSR count). The Morgan fingerprint density at radius 2 is 1.64 bits per heavy atom. The van der Waals surface area contributed by atoms with Crippen LogP contribution in [0.3, 0.4) is 0 Å². The molecule has 0 saturated carbocycles. The normalized spacial score (nSPS) is 15.0. The molecule has 1 atom stereocenters. The van der Waals surface area contributed by atoms with Crippen LogP contribution >= 0.6 is 0 Å². The number of fused-ring (bicyclic) bond motifs is 1. The molecule has 2 heterocycles. The zero-order valence-electron chi connectivity index (χ0n) is 18.5. The molecule has 0 aliphatic carbocycles. The van der Waals surface area contributed by atoms with Crippen molar-refractivity contribution in [1.29, 1.82) is 0 Å². The van der Waals surface area contributed by atoms with Crippen LogP contribution in [0.15, 0.2) is 91.1 Å². The Labute approximate surface area is 194 Å². The first kappa shape index (κ1) is 21.0. The van der Waals surface area contributed by atoms with E-state index in [1.165, 1.54) is 11.1 Å². The van der Waals surface area contributed by atoms with Gasteiger partial charge in [-0.25, -0.2) is 4.98 Å². The van der Waals surface area contributed by atoms with Crippen molar-refractivity contribution < 1.29 is 9.53 Å². The van der Waals surface area contributed by atoms with Crippen LogP contribution in [0, 0.1) is 0 Å². The molecule has 5 nitrogen and oxygen atoms in total. The van der Waals surface area contributed by atoms with Crippen molar-refractivity contribution in [3.8, 4) is 11.5 Å². The van der Waals surface area contributed by atoms with Crippen LogP contribution in [0.4, 0.5) is 0 Å². The lowest BCUT2D eigenvalue weighted by Crippen LogP contribution is -2.26. The van der Waals surface area contributed by atoms with Gasteiger partial charge in [0.15, 0.2) is 0 Å². The van der Waals surface area contributed by atoms with Crippen molar-refractivity contribution >= 4 is 5.91 Å². The Morgan fingerprint density at radius 3 is 2.39 bits per heavy atom. The lowest BCUT2D eigenvalue weighted by molar-refractivity contribution is 0.0949. The van der Waals surface area contributed by atoms with Crippen LogP contribution in [0.1, 0.15) is 39.8 Å². The number of aryl methyl sites for hydroxylation is 1. The molecule has 4 aromatic rings. The summed E-state index contributed by atoms with van der Waals surface area (Å²) in [7, 11) is 0. The average Bonchev–Trinajstić information content (AvgIpc) is 3.29. The second-order valence-corrected chi connectivity index (χ2v) is 8.41. The van der Waals surface area contributed by atoms with Crippen molar-refractivity contribution in [3.05, 3.63) is 114 Å². The highest BCUT2D eigenvalue weighted by atomic mass is 16.5. The number of nitrogens with one attached hydrogen (secondary N) is 1. The van der Waals surface area contributed by atoms with E-state index in [4.69, 9.17) is 4.74 Å². The first-order valence-corrected chi connectivity index (χ1v) is 11.5. The van der Waals surface area contributed by atoms with Crippen LogP contribution in [0.5, 0.6) is 11.5 Å². The summed E-state index contributed by atoms with van der Waals surface area (Å²) in [6, 6.07) is 28.3. The molecule has 0 fully saturated rings. The molecule has 0 radical (unpaired) electrons. The van der Waals surface area contributed by atoms with Gasteiger partial charge in [-0.2, -0.15) is 0 Å². The number of carbonyl (C=O) groups excluding carboxylic acids is 1. The van der Waals surface area contributed by atoms with Gasteiger partial charge in [0, 0.05) is 31.6 Å². The second kappa shape index (κ2) is 9.74. The van der Waals surface area contributed by atoms with Crippen LogP contribution < -0.4 is 10.1 Å². The average molecular weight is 438 g/mol. The van der Waals surface area contributed by atoms with Crippen molar-refractivity contribution in [2.24, 2.45) is 0 Å². The summed E-state index contributed by atoms with van der Waals surface area (Å²) in [5.74, 6) is 2.95. The van der Waals surface area contributed by atoms with E-state index in [0.29, 0.717) is 18.2 Å². The number of rotatable bonds is 7. The summed E-state index contributed by atoms with van der Waals surface area (Å²) in [5, 5.41) is 3.00. The summed E-state index contributed by atoms with van der Waals surface area (Å²) < 4.78 is 8.04. The number of ether oxygens (including phenoxy) is 1. The fraction of sp³-hybridized carbons (Fsp3) is 0.214. The molecule has 1 amide bonds. The highest BCUT2D eigenvalue weighted by molar-refractivity contribution is 5.92. The monoisotopic (exact) mass is 437 g/mol. The molecule has 0 saturated heterocycles. The van der Waals surface area contributed by atoms with Gasteiger partial charge in [0.05, 0.1) is 0 Å². The minimum absolute atomic E-state index is 0.105. The zero-order valence-corrected chi connectivity index (χ0v) is 18.5. The fourth-order valence-electron chi connectivity index (χ4n) is 4.31. The fourth-order valence-corrected chi connectivity index (χ4v) is 4.31. The highest BCUT2D eigenvalue weighted by Crippen LogP contribution is 2.31. The molecule has 1 N–H and O–H groups in total. The molecule has 1 aromatic heterocycles. The molecule has 0 bridgehead atoms. The molecule has 3 aromatic carbocycles. The lowest BCUT2D eigenvalue weighted by Gasteiger charge is -2.24. The maximum Gasteiger partial charge on any atom is 0.271 e.